The summed E-state index contributed by atoms with van der Waals surface area (Å²) in [7, 11) is 0. The van der Waals surface area contributed by atoms with E-state index in [0.717, 1.165) is 18.9 Å². The fraction of sp³-hybridized carbons (Fsp3) is 0.545. The summed E-state index contributed by atoms with van der Waals surface area (Å²) in [5.74, 6) is 1.45. The topological polar surface area (TPSA) is 55.0 Å². The van der Waals surface area contributed by atoms with Crippen LogP contribution >= 0.6 is 12.2 Å². The summed E-state index contributed by atoms with van der Waals surface area (Å²) < 4.78 is 0. The van der Waals surface area contributed by atoms with Crippen molar-refractivity contribution in [2.45, 2.75) is 20.3 Å². The van der Waals surface area contributed by atoms with Crippen molar-refractivity contribution in [1.29, 1.82) is 0 Å². The zero-order valence-electron chi connectivity index (χ0n) is 9.76. The average molecular weight is 238 g/mol. The summed E-state index contributed by atoms with van der Waals surface area (Å²) >= 11 is 4.89. The first kappa shape index (κ1) is 12.8. The maximum atomic E-state index is 5.52. The third kappa shape index (κ3) is 4.53. The molecule has 0 unspecified atom stereocenters. The molecule has 0 aliphatic carbocycles. The molecule has 0 spiro atoms. The fourth-order valence-corrected chi connectivity index (χ4v) is 1.54. The zero-order chi connectivity index (χ0) is 12.0. The molecule has 0 saturated carbocycles. The Labute approximate surface area is 102 Å². The van der Waals surface area contributed by atoms with Gasteiger partial charge in [-0.25, -0.2) is 0 Å². The fourth-order valence-electron chi connectivity index (χ4n) is 1.45. The summed E-state index contributed by atoms with van der Waals surface area (Å²) in [5.41, 5.74) is 5.52. The van der Waals surface area contributed by atoms with Gasteiger partial charge in [-0.2, -0.15) is 5.10 Å². The maximum Gasteiger partial charge on any atom is 0.151 e. The lowest BCUT2D eigenvalue weighted by Crippen LogP contribution is -2.31. The Morgan fingerprint density at radius 2 is 2.31 bits per heavy atom. The quantitative estimate of drug-likeness (QED) is 0.763. The van der Waals surface area contributed by atoms with Gasteiger partial charge in [0.1, 0.15) is 0 Å². The van der Waals surface area contributed by atoms with E-state index in [1.54, 1.807) is 6.20 Å². The van der Waals surface area contributed by atoms with Crippen LogP contribution in [0.3, 0.4) is 0 Å². The third-order valence-corrected chi connectivity index (χ3v) is 2.30. The predicted octanol–water partition coefficient (Wildman–Crippen LogP) is 1.62. The van der Waals surface area contributed by atoms with Crippen LogP contribution in [0, 0.1) is 5.92 Å². The van der Waals surface area contributed by atoms with Gasteiger partial charge in [-0.1, -0.05) is 26.1 Å². The Bertz CT molecular complexity index is 326. The number of nitrogens with two attached hydrogens (primary N) is 1. The van der Waals surface area contributed by atoms with Crippen LogP contribution in [0.1, 0.15) is 20.3 Å². The Hall–Kier alpha value is -1.23. The number of anilines is 1. The molecule has 1 aromatic heterocycles. The van der Waals surface area contributed by atoms with Crippen molar-refractivity contribution in [3.63, 3.8) is 0 Å². The Balaban J connectivity index is 2.67. The van der Waals surface area contributed by atoms with Crippen LogP contribution in [0.15, 0.2) is 18.3 Å². The number of nitrogens with zero attached hydrogens (tertiary/aromatic N) is 3. The number of aromatic nitrogens is 2. The highest BCUT2D eigenvalue weighted by Gasteiger charge is 2.09. The highest BCUT2D eigenvalue weighted by atomic mass is 32.1. The molecule has 1 heterocycles. The number of hydrogen-bond acceptors (Lipinski definition) is 4. The Kier molecular flexibility index (Phi) is 5.11. The molecular weight excluding hydrogens is 220 g/mol. The molecule has 0 saturated heterocycles. The second-order valence-electron chi connectivity index (χ2n) is 4.14. The molecule has 0 aliphatic heterocycles. The molecule has 16 heavy (non-hydrogen) atoms. The monoisotopic (exact) mass is 238 g/mol. The van der Waals surface area contributed by atoms with E-state index in [4.69, 9.17) is 18.0 Å². The Morgan fingerprint density at radius 3 is 2.81 bits per heavy atom. The van der Waals surface area contributed by atoms with E-state index >= 15 is 0 Å². The number of rotatable bonds is 6. The van der Waals surface area contributed by atoms with Crippen LogP contribution in [0.25, 0.3) is 0 Å². The second kappa shape index (κ2) is 6.37. The minimum absolute atomic E-state index is 0.539. The van der Waals surface area contributed by atoms with Gasteiger partial charge in [0.25, 0.3) is 0 Å². The molecule has 0 aliphatic rings. The lowest BCUT2D eigenvalue weighted by molar-refractivity contribution is 0.607. The van der Waals surface area contributed by atoms with E-state index in [1.807, 2.05) is 12.1 Å². The highest BCUT2D eigenvalue weighted by molar-refractivity contribution is 7.80. The molecule has 4 nitrogen and oxygen atoms in total. The van der Waals surface area contributed by atoms with E-state index in [0.29, 0.717) is 17.3 Å². The molecule has 0 radical (unpaired) electrons. The minimum Gasteiger partial charge on any atom is -0.393 e. The SMILES string of the molecule is CC(C)CN(CCC(N)=S)c1cccnn1. The van der Waals surface area contributed by atoms with E-state index in [-0.39, 0.29) is 0 Å². The van der Waals surface area contributed by atoms with Gasteiger partial charge in [0, 0.05) is 25.7 Å². The molecular formula is C11H18N4S. The molecule has 1 aromatic rings. The first-order chi connectivity index (χ1) is 7.59. The van der Waals surface area contributed by atoms with Gasteiger partial charge >= 0.3 is 0 Å². The average Bonchev–Trinajstić information content (AvgIpc) is 2.25. The summed E-state index contributed by atoms with van der Waals surface area (Å²) in [6.07, 6.45) is 2.38. The van der Waals surface area contributed by atoms with Crippen molar-refractivity contribution in [2.24, 2.45) is 11.7 Å². The summed E-state index contributed by atoms with van der Waals surface area (Å²) in [5, 5.41) is 7.99. The third-order valence-electron chi connectivity index (χ3n) is 2.10. The number of hydrogen-bond donors (Lipinski definition) is 1. The normalized spacial score (nSPS) is 10.4. The van der Waals surface area contributed by atoms with Crippen LogP contribution in [-0.2, 0) is 0 Å². The molecule has 1 rings (SSSR count). The van der Waals surface area contributed by atoms with Crippen molar-refractivity contribution in [3.8, 4) is 0 Å². The standard InChI is InChI=1S/C11H18N4S/c1-9(2)8-15(7-5-10(12)16)11-4-3-6-13-14-11/h3-4,6,9H,5,7-8H2,1-2H3,(H2,12,16). The zero-order valence-corrected chi connectivity index (χ0v) is 10.6. The highest BCUT2D eigenvalue weighted by Crippen LogP contribution is 2.11. The first-order valence-corrected chi connectivity index (χ1v) is 5.81. The van der Waals surface area contributed by atoms with E-state index < -0.39 is 0 Å². The largest absolute Gasteiger partial charge is 0.393 e. The minimum atomic E-state index is 0.539. The van der Waals surface area contributed by atoms with E-state index in [1.165, 1.54) is 0 Å². The van der Waals surface area contributed by atoms with Gasteiger partial charge in [-0.3, -0.25) is 0 Å². The number of thiocarbonyl (C=S) groups is 1. The van der Waals surface area contributed by atoms with Crippen molar-refractivity contribution < 1.29 is 0 Å². The van der Waals surface area contributed by atoms with Gasteiger partial charge in [0.2, 0.25) is 0 Å². The van der Waals surface area contributed by atoms with Crippen molar-refractivity contribution >= 4 is 23.0 Å². The molecule has 5 heteroatoms. The van der Waals surface area contributed by atoms with Crippen molar-refractivity contribution in [1.82, 2.24) is 10.2 Å². The molecule has 0 bridgehead atoms. The van der Waals surface area contributed by atoms with E-state index in [9.17, 15) is 0 Å². The second-order valence-corrected chi connectivity index (χ2v) is 4.66. The van der Waals surface area contributed by atoms with Gasteiger partial charge in [-0.05, 0) is 18.1 Å². The van der Waals surface area contributed by atoms with Crippen LogP contribution in [0.2, 0.25) is 0 Å². The van der Waals surface area contributed by atoms with Crippen molar-refractivity contribution in [3.05, 3.63) is 18.3 Å². The molecule has 2 N–H and O–H groups in total. The summed E-state index contributed by atoms with van der Waals surface area (Å²) in [4.78, 5) is 2.70. The van der Waals surface area contributed by atoms with Crippen LogP contribution in [0.4, 0.5) is 5.82 Å². The van der Waals surface area contributed by atoms with Crippen LogP contribution < -0.4 is 10.6 Å². The van der Waals surface area contributed by atoms with Gasteiger partial charge < -0.3 is 10.6 Å². The molecule has 0 amide bonds. The smallest absolute Gasteiger partial charge is 0.151 e. The lowest BCUT2D eigenvalue weighted by atomic mass is 10.2. The van der Waals surface area contributed by atoms with Crippen LogP contribution in [0.5, 0.6) is 0 Å². The van der Waals surface area contributed by atoms with Crippen molar-refractivity contribution in [2.75, 3.05) is 18.0 Å². The van der Waals surface area contributed by atoms with E-state index in [2.05, 4.69) is 28.9 Å². The lowest BCUT2D eigenvalue weighted by Gasteiger charge is -2.24. The summed E-state index contributed by atoms with van der Waals surface area (Å²) in [6.45, 7) is 6.07. The first-order valence-electron chi connectivity index (χ1n) is 5.40. The van der Waals surface area contributed by atoms with Crippen LogP contribution in [-0.4, -0.2) is 28.3 Å². The predicted molar refractivity (Wildman–Crippen MR) is 70.5 cm³/mol. The summed E-state index contributed by atoms with van der Waals surface area (Å²) in [6, 6.07) is 3.84. The molecule has 88 valence electrons. The molecule has 0 fully saturated rings. The maximum absolute atomic E-state index is 5.52. The Morgan fingerprint density at radius 1 is 1.56 bits per heavy atom. The van der Waals surface area contributed by atoms with Gasteiger partial charge in [0.05, 0.1) is 4.99 Å². The van der Waals surface area contributed by atoms with Gasteiger partial charge in [-0.15, -0.1) is 5.10 Å². The molecule has 0 atom stereocenters. The van der Waals surface area contributed by atoms with Gasteiger partial charge in [0.15, 0.2) is 5.82 Å². The molecule has 0 aromatic carbocycles.